The number of carbonyl (C=O) groups excluding carboxylic acids is 1. The van der Waals surface area contributed by atoms with E-state index in [0.717, 1.165) is 18.4 Å². The molecule has 0 atom stereocenters. The van der Waals surface area contributed by atoms with Crippen molar-refractivity contribution in [2.45, 2.75) is 33.6 Å². The molecule has 0 aliphatic heterocycles. The van der Waals surface area contributed by atoms with Crippen LogP contribution < -0.4 is 0 Å². The zero-order valence-electron chi connectivity index (χ0n) is 6.40. The first-order valence-corrected chi connectivity index (χ1v) is 3.50. The molecule has 1 aliphatic rings. The highest BCUT2D eigenvalue weighted by molar-refractivity contribution is 5.96. The van der Waals surface area contributed by atoms with Crippen LogP contribution in [0.25, 0.3) is 0 Å². The molecule has 0 saturated heterocycles. The molecule has 0 radical (unpaired) electrons. The van der Waals surface area contributed by atoms with Gasteiger partial charge in [0.05, 0.1) is 0 Å². The highest BCUT2D eigenvalue weighted by atomic mass is 16.1. The van der Waals surface area contributed by atoms with Crippen LogP contribution in [0.1, 0.15) is 33.6 Å². The van der Waals surface area contributed by atoms with E-state index in [1.807, 2.05) is 26.8 Å². The van der Waals surface area contributed by atoms with Crippen molar-refractivity contribution >= 4 is 5.78 Å². The molecule has 1 nitrogen and oxygen atoms in total. The van der Waals surface area contributed by atoms with Gasteiger partial charge >= 0.3 is 0 Å². The van der Waals surface area contributed by atoms with E-state index in [4.69, 9.17) is 0 Å². The molecule has 0 saturated carbocycles. The zero-order chi connectivity index (χ0) is 7.28. The van der Waals surface area contributed by atoms with Crippen molar-refractivity contribution < 1.29 is 4.79 Å². The van der Waals surface area contributed by atoms with Crippen LogP contribution in [-0.2, 0) is 4.79 Å². The van der Waals surface area contributed by atoms with Crippen molar-refractivity contribution in [1.29, 1.82) is 0 Å². The summed E-state index contributed by atoms with van der Waals surface area (Å²) in [4.78, 5) is 10.5. The van der Waals surface area contributed by atoms with Gasteiger partial charge in [0.15, 0.2) is 5.78 Å². The first kappa shape index (κ1) is 8.41. The molecule has 0 aromatic rings. The molecular formula is C8H14O. The molecule has 1 aliphatic carbocycles. The van der Waals surface area contributed by atoms with Crippen molar-refractivity contribution in [2.75, 3.05) is 0 Å². The van der Waals surface area contributed by atoms with Crippen molar-refractivity contribution in [2.24, 2.45) is 0 Å². The number of carbonyl (C=O) groups is 1. The number of rotatable bonds is 0. The van der Waals surface area contributed by atoms with Gasteiger partial charge in [0.1, 0.15) is 0 Å². The van der Waals surface area contributed by atoms with E-state index < -0.39 is 0 Å². The second-order valence-electron chi connectivity index (χ2n) is 1.85. The zero-order valence-corrected chi connectivity index (χ0v) is 6.40. The van der Waals surface area contributed by atoms with Crippen LogP contribution in [0.3, 0.4) is 0 Å². The minimum Gasteiger partial charge on any atom is -0.295 e. The second-order valence-corrected chi connectivity index (χ2v) is 1.85. The van der Waals surface area contributed by atoms with E-state index in [1.54, 1.807) is 0 Å². The van der Waals surface area contributed by atoms with Crippen LogP contribution in [-0.4, -0.2) is 5.78 Å². The minimum absolute atomic E-state index is 0.319. The maximum atomic E-state index is 10.5. The summed E-state index contributed by atoms with van der Waals surface area (Å²) in [6.45, 7) is 5.87. The molecule has 0 N–H and O–H groups in total. The number of allylic oxidation sites excluding steroid dienone is 2. The van der Waals surface area contributed by atoms with Crippen LogP contribution in [0.5, 0.6) is 0 Å². The monoisotopic (exact) mass is 126 g/mol. The fourth-order valence-electron chi connectivity index (χ4n) is 0.731. The average Bonchev–Trinajstić information content (AvgIpc) is 2.23. The summed E-state index contributed by atoms with van der Waals surface area (Å²) in [6, 6.07) is 0. The highest BCUT2D eigenvalue weighted by Gasteiger charge is 2.08. The van der Waals surface area contributed by atoms with Gasteiger partial charge in [-0.05, 0) is 18.9 Å². The number of ketones is 1. The summed E-state index contributed by atoms with van der Waals surface area (Å²) < 4.78 is 0. The lowest BCUT2D eigenvalue weighted by molar-refractivity contribution is -0.114. The third-order valence-electron chi connectivity index (χ3n) is 1.26. The Morgan fingerprint density at radius 1 is 1.44 bits per heavy atom. The van der Waals surface area contributed by atoms with Gasteiger partial charge in [-0.1, -0.05) is 19.9 Å². The van der Waals surface area contributed by atoms with E-state index in [9.17, 15) is 4.79 Å². The molecule has 1 rings (SSSR count). The molecule has 0 heterocycles. The Hall–Kier alpha value is -0.590. The summed E-state index contributed by atoms with van der Waals surface area (Å²) in [7, 11) is 0. The van der Waals surface area contributed by atoms with Crippen molar-refractivity contribution in [3.63, 3.8) is 0 Å². The van der Waals surface area contributed by atoms with E-state index in [2.05, 4.69) is 0 Å². The topological polar surface area (TPSA) is 17.1 Å². The van der Waals surface area contributed by atoms with E-state index in [0.29, 0.717) is 5.78 Å². The number of hydrogen-bond donors (Lipinski definition) is 0. The van der Waals surface area contributed by atoms with E-state index >= 15 is 0 Å². The SMILES string of the molecule is CC.CC1=CCCC1=O. The fourth-order valence-corrected chi connectivity index (χ4v) is 0.731. The summed E-state index contributed by atoms with van der Waals surface area (Å²) >= 11 is 0. The van der Waals surface area contributed by atoms with Gasteiger partial charge < -0.3 is 0 Å². The van der Waals surface area contributed by atoms with Crippen LogP contribution >= 0.6 is 0 Å². The summed E-state index contributed by atoms with van der Waals surface area (Å²) in [6.07, 6.45) is 3.69. The van der Waals surface area contributed by atoms with Gasteiger partial charge in [0, 0.05) is 6.42 Å². The molecule has 0 aromatic carbocycles. The van der Waals surface area contributed by atoms with Crippen molar-refractivity contribution in [1.82, 2.24) is 0 Å². The first-order chi connectivity index (χ1) is 4.30. The quantitative estimate of drug-likeness (QED) is 0.487. The first-order valence-electron chi connectivity index (χ1n) is 3.50. The molecule has 9 heavy (non-hydrogen) atoms. The van der Waals surface area contributed by atoms with Crippen LogP contribution in [0.2, 0.25) is 0 Å². The largest absolute Gasteiger partial charge is 0.295 e. The Labute approximate surface area is 56.8 Å². The predicted octanol–water partition coefficient (Wildman–Crippen LogP) is 2.32. The molecule has 0 fully saturated rings. The summed E-state index contributed by atoms with van der Waals surface area (Å²) in [5.74, 6) is 0.319. The molecule has 0 bridgehead atoms. The molecule has 0 amide bonds. The molecule has 0 aromatic heterocycles. The molecule has 52 valence electrons. The molecular weight excluding hydrogens is 112 g/mol. The predicted molar refractivity (Wildman–Crippen MR) is 39.3 cm³/mol. The maximum absolute atomic E-state index is 10.5. The van der Waals surface area contributed by atoms with E-state index in [-0.39, 0.29) is 0 Å². The van der Waals surface area contributed by atoms with Crippen molar-refractivity contribution in [3.8, 4) is 0 Å². The molecule has 0 unspecified atom stereocenters. The lowest BCUT2D eigenvalue weighted by atomic mass is 10.2. The molecule has 1 heteroatoms. The normalized spacial score (nSPS) is 16.3. The smallest absolute Gasteiger partial charge is 0.158 e. The fraction of sp³-hybridized carbons (Fsp3) is 0.625. The van der Waals surface area contributed by atoms with Gasteiger partial charge in [-0.2, -0.15) is 0 Å². The van der Waals surface area contributed by atoms with Crippen LogP contribution in [0.4, 0.5) is 0 Å². The third-order valence-corrected chi connectivity index (χ3v) is 1.26. The lowest BCUT2D eigenvalue weighted by Gasteiger charge is -1.81. The van der Waals surface area contributed by atoms with Gasteiger partial charge in [0.2, 0.25) is 0 Å². The Morgan fingerprint density at radius 2 is 2.00 bits per heavy atom. The lowest BCUT2D eigenvalue weighted by Crippen LogP contribution is -1.88. The maximum Gasteiger partial charge on any atom is 0.158 e. The standard InChI is InChI=1S/C6H8O.C2H6/c1-5-3-2-4-6(5)7;1-2/h3H,2,4H2,1H3;1-2H3. The van der Waals surface area contributed by atoms with Crippen molar-refractivity contribution in [3.05, 3.63) is 11.6 Å². The number of Topliss-reactive ketones (excluding diaryl/α,β-unsaturated/α-hetero) is 1. The Morgan fingerprint density at radius 3 is 2.11 bits per heavy atom. The van der Waals surface area contributed by atoms with Gasteiger partial charge in [-0.15, -0.1) is 0 Å². The number of hydrogen-bond acceptors (Lipinski definition) is 1. The van der Waals surface area contributed by atoms with E-state index in [1.165, 1.54) is 0 Å². The summed E-state index contributed by atoms with van der Waals surface area (Å²) in [5.41, 5.74) is 0.944. The molecule has 0 spiro atoms. The van der Waals surface area contributed by atoms with Crippen LogP contribution in [0, 0.1) is 0 Å². The Kier molecular flexibility index (Phi) is 4.02. The van der Waals surface area contributed by atoms with Crippen LogP contribution in [0.15, 0.2) is 11.6 Å². The van der Waals surface area contributed by atoms with Gasteiger partial charge in [0.25, 0.3) is 0 Å². The Balaban J connectivity index is 0.000000291. The third kappa shape index (κ3) is 2.45. The second kappa shape index (κ2) is 4.30. The minimum atomic E-state index is 0.319. The van der Waals surface area contributed by atoms with Gasteiger partial charge in [-0.25, -0.2) is 0 Å². The van der Waals surface area contributed by atoms with Gasteiger partial charge in [-0.3, -0.25) is 4.79 Å². The average molecular weight is 126 g/mol. The highest BCUT2D eigenvalue weighted by Crippen LogP contribution is 2.11. The summed E-state index contributed by atoms with van der Waals surface area (Å²) in [5, 5.41) is 0. The Bertz CT molecular complexity index is 123.